The molecule has 1 rings (SSSR count). The molecule has 0 radical (unpaired) electrons. The monoisotopic (exact) mass is 145 g/mol. The van der Waals surface area contributed by atoms with Crippen LogP contribution in [0.3, 0.4) is 0 Å². The van der Waals surface area contributed by atoms with Gasteiger partial charge in [-0.1, -0.05) is 17.8 Å². The Hall–Kier alpha value is -0.210. The van der Waals surface area contributed by atoms with Crippen LogP contribution in [0.1, 0.15) is 4.88 Å². The molecule has 42 valence electrons. The van der Waals surface area contributed by atoms with Gasteiger partial charge in [-0.3, -0.25) is 0 Å². The lowest BCUT2D eigenvalue weighted by atomic mass is 10.4. The largest absolute Gasteiger partial charge is 0.230 e. The summed E-state index contributed by atoms with van der Waals surface area (Å²) in [5, 5.41) is 0. The number of rotatable bonds is 1. The zero-order chi connectivity index (χ0) is 5.98. The Kier molecular flexibility index (Phi) is 1.76. The molecule has 1 aromatic heterocycles. The fourth-order valence-corrected chi connectivity index (χ4v) is 1.16. The SMILES string of the molecule is [CH2-][CH+]c1cnc(Cl)s1. The van der Waals surface area contributed by atoms with Crippen LogP contribution in [0.4, 0.5) is 0 Å². The van der Waals surface area contributed by atoms with Crippen LogP contribution in [0.5, 0.6) is 0 Å². The van der Waals surface area contributed by atoms with E-state index in [0.717, 1.165) is 4.88 Å². The van der Waals surface area contributed by atoms with E-state index in [4.69, 9.17) is 11.6 Å². The van der Waals surface area contributed by atoms with Crippen LogP contribution in [0.2, 0.25) is 4.47 Å². The van der Waals surface area contributed by atoms with Gasteiger partial charge in [0.1, 0.15) is 0 Å². The van der Waals surface area contributed by atoms with Crippen LogP contribution < -0.4 is 0 Å². The van der Waals surface area contributed by atoms with Crippen LogP contribution in [0, 0.1) is 13.3 Å². The summed E-state index contributed by atoms with van der Waals surface area (Å²) in [5.74, 6) is 0. The predicted molar refractivity (Wildman–Crippen MR) is 35.9 cm³/mol. The van der Waals surface area contributed by atoms with Crippen molar-refractivity contribution in [1.82, 2.24) is 4.98 Å². The van der Waals surface area contributed by atoms with Gasteiger partial charge in [0, 0.05) is 0 Å². The van der Waals surface area contributed by atoms with Crippen LogP contribution in [-0.4, -0.2) is 4.98 Å². The molecule has 0 bridgehead atoms. The number of hydrogen-bond acceptors (Lipinski definition) is 2. The Morgan fingerprint density at radius 2 is 2.62 bits per heavy atom. The highest BCUT2D eigenvalue weighted by atomic mass is 35.5. The van der Waals surface area contributed by atoms with Crippen molar-refractivity contribution in [3.63, 3.8) is 0 Å². The maximum Gasteiger partial charge on any atom is 0.210 e. The van der Waals surface area contributed by atoms with E-state index in [0.29, 0.717) is 4.47 Å². The summed E-state index contributed by atoms with van der Waals surface area (Å²) in [6.07, 6.45) is 3.42. The molecule has 0 atom stereocenters. The Labute approximate surface area is 57.3 Å². The summed E-state index contributed by atoms with van der Waals surface area (Å²) in [6, 6.07) is 0. The topological polar surface area (TPSA) is 12.9 Å². The standard InChI is InChI=1S/C5H4ClNS/c1-2-4-3-7-5(6)8-4/h2-3H,1H2. The van der Waals surface area contributed by atoms with E-state index in [2.05, 4.69) is 11.9 Å². The van der Waals surface area contributed by atoms with Gasteiger partial charge in [0.15, 0.2) is 11.1 Å². The van der Waals surface area contributed by atoms with Crippen LogP contribution in [-0.2, 0) is 0 Å². The maximum absolute atomic E-state index is 5.50. The molecule has 0 spiro atoms. The minimum Gasteiger partial charge on any atom is -0.230 e. The summed E-state index contributed by atoms with van der Waals surface area (Å²) in [4.78, 5) is 4.81. The van der Waals surface area contributed by atoms with Gasteiger partial charge < -0.3 is 0 Å². The first-order valence-electron chi connectivity index (χ1n) is 2.06. The van der Waals surface area contributed by atoms with E-state index >= 15 is 0 Å². The van der Waals surface area contributed by atoms with Crippen molar-refractivity contribution in [2.24, 2.45) is 0 Å². The van der Waals surface area contributed by atoms with Crippen molar-refractivity contribution in [1.29, 1.82) is 0 Å². The van der Waals surface area contributed by atoms with Crippen LogP contribution >= 0.6 is 22.9 Å². The molecule has 1 nitrogen and oxygen atoms in total. The third-order valence-corrected chi connectivity index (χ3v) is 1.81. The molecule has 0 unspecified atom stereocenters. The van der Waals surface area contributed by atoms with Crippen molar-refractivity contribution in [2.45, 2.75) is 0 Å². The normalized spacial score (nSPS) is 9.25. The first kappa shape index (κ1) is 5.92. The molecule has 0 N–H and O–H groups in total. The predicted octanol–water partition coefficient (Wildman–Crippen LogP) is 2.18. The Morgan fingerprint density at radius 3 is 2.88 bits per heavy atom. The highest BCUT2D eigenvalue weighted by Gasteiger charge is 1.99. The van der Waals surface area contributed by atoms with Gasteiger partial charge in [0.2, 0.25) is 4.47 Å². The molecule has 1 heterocycles. The molecule has 0 aliphatic heterocycles. The Morgan fingerprint density at radius 1 is 1.88 bits per heavy atom. The van der Waals surface area contributed by atoms with Gasteiger partial charge >= 0.3 is 0 Å². The van der Waals surface area contributed by atoms with Crippen molar-refractivity contribution in [2.75, 3.05) is 0 Å². The quantitative estimate of drug-likeness (QED) is 0.552. The van der Waals surface area contributed by atoms with Gasteiger partial charge in [0.05, 0.1) is 0 Å². The van der Waals surface area contributed by atoms with Crippen molar-refractivity contribution >= 4 is 22.9 Å². The maximum atomic E-state index is 5.50. The summed E-state index contributed by atoms with van der Waals surface area (Å²) in [5.41, 5.74) is 0. The molecular weight excluding hydrogens is 142 g/mol. The average molecular weight is 146 g/mol. The lowest BCUT2D eigenvalue weighted by Gasteiger charge is -1.74. The van der Waals surface area contributed by atoms with E-state index in [-0.39, 0.29) is 0 Å². The number of halogens is 1. The van der Waals surface area contributed by atoms with Crippen molar-refractivity contribution < 1.29 is 0 Å². The summed E-state index contributed by atoms with van der Waals surface area (Å²) >= 11 is 6.92. The number of nitrogens with zero attached hydrogens (tertiary/aromatic N) is 1. The Balaban J connectivity index is 2.84. The van der Waals surface area contributed by atoms with Gasteiger partial charge in [-0.05, 0) is 11.6 Å². The highest BCUT2D eigenvalue weighted by Crippen LogP contribution is 2.18. The average Bonchev–Trinajstić information content (AvgIpc) is 2.14. The third kappa shape index (κ3) is 1.14. The van der Waals surface area contributed by atoms with Gasteiger partial charge in [-0.15, -0.1) is 4.98 Å². The molecule has 0 aliphatic carbocycles. The first-order valence-corrected chi connectivity index (χ1v) is 3.26. The lowest BCUT2D eigenvalue weighted by molar-refractivity contribution is 1.40. The van der Waals surface area contributed by atoms with Crippen LogP contribution in [0.15, 0.2) is 6.20 Å². The molecule has 0 amide bonds. The number of aromatic nitrogens is 1. The smallest absolute Gasteiger partial charge is 0.210 e. The summed E-state index contributed by atoms with van der Waals surface area (Å²) in [6.45, 7) is 3.56. The summed E-state index contributed by atoms with van der Waals surface area (Å²) in [7, 11) is 0. The third-order valence-electron chi connectivity index (χ3n) is 0.697. The van der Waals surface area contributed by atoms with E-state index in [1.807, 2.05) is 0 Å². The second kappa shape index (κ2) is 2.37. The van der Waals surface area contributed by atoms with E-state index in [1.165, 1.54) is 11.3 Å². The molecular formula is C5H4ClNS. The van der Waals surface area contributed by atoms with Gasteiger partial charge in [-0.2, -0.15) is 0 Å². The molecule has 0 aliphatic rings. The molecule has 8 heavy (non-hydrogen) atoms. The van der Waals surface area contributed by atoms with E-state index in [9.17, 15) is 0 Å². The number of hydrogen-bond donors (Lipinski definition) is 0. The molecule has 0 saturated heterocycles. The fourth-order valence-electron chi connectivity index (χ4n) is 0.359. The summed E-state index contributed by atoms with van der Waals surface area (Å²) < 4.78 is 0.569. The fraction of sp³-hybridized carbons (Fsp3) is 0. The van der Waals surface area contributed by atoms with Crippen LogP contribution in [0.25, 0.3) is 0 Å². The van der Waals surface area contributed by atoms with Crippen molar-refractivity contribution in [3.8, 4) is 0 Å². The molecule has 0 fully saturated rings. The zero-order valence-electron chi connectivity index (χ0n) is 4.10. The molecule has 0 aromatic carbocycles. The molecule has 1 aromatic rings. The highest BCUT2D eigenvalue weighted by molar-refractivity contribution is 7.15. The first-order chi connectivity index (χ1) is 3.83. The second-order valence-electron chi connectivity index (χ2n) is 1.22. The minimum atomic E-state index is 0.569. The minimum absolute atomic E-state index is 0.569. The molecule has 3 heteroatoms. The van der Waals surface area contributed by atoms with Gasteiger partial charge in [-0.25, -0.2) is 6.92 Å². The number of thiazole rings is 1. The van der Waals surface area contributed by atoms with Gasteiger partial charge in [0.25, 0.3) is 0 Å². The second-order valence-corrected chi connectivity index (χ2v) is 2.86. The van der Waals surface area contributed by atoms with E-state index < -0.39 is 0 Å². The zero-order valence-corrected chi connectivity index (χ0v) is 5.67. The Bertz CT molecular complexity index is 173. The lowest BCUT2D eigenvalue weighted by Crippen LogP contribution is -1.61. The molecule has 0 saturated carbocycles. The van der Waals surface area contributed by atoms with Crippen molar-refractivity contribution in [3.05, 3.63) is 28.9 Å². The van der Waals surface area contributed by atoms with E-state index in [1.54, 1.807) is 12.6 Å².